The first-order chi connectivity index (χ1) is 19.8. The molecule has 2 aromatic carbocycles. The highest BCUT2D eigenvalue weighted by Gasteiger charge is 2.22. The van der Waals surface area contributed by atoms with Crippen LogP contribution in [0.2, 0.25) is 0 Å². The molecule has 1 atom stereocenters. The van der Waals surface area contributed by atoms with Crippen molar-refractivity contribution >= 4 is 23.1 Å². The molecule has 0 aliphatic rings. The highest BCUT2D eigenvalue weighted by Crippen LogP contribution is 2.29. The zero-order chi connectivity index (χ0) is 30.5. The smallest absolute Gasteiger partial charge is 0.435 e. The van der Waals surface area contributed by atoms with Gasteiger partial charge in [0, 0.05) is 17.1 Å². The monoisotopic (exact) mass is 574 g/mol. The highest BCUT2D eigenvalue weighted by molar-refractivity contribution is 5.92. The molecule has 4 rings (SSSR count). The maximum atomic E-state index is 12.7. The molecule has 0 saturated heterocycles. The number of hydrogen-bond donors (Lipinski definition) is 1. The molecule has 10 heteroatoms. The molecule has 4 aromatic rings. The number of para-hydroxylation sites is 1. The largest absolute Gasteiger partial charge is 0.490 e. The van der Waals surface area contributed by atoms with Crippen molar-refractivity contribution in [3.63, 3.8) is 0 Å². The molecule has 0 saturated carbocycles. The number of amides is 1. The van der Waals surface area contributed by atoms with E-state index in [1.807, 2.05) is 82.3 Å². The molecule has 0 bridgehead atoms. The number of carbonyl (C=O) groups excluding carboxylic acids is 2. The zero-order valence-electron chi connectivity index (χ0n) is 25.1. The van der Waals surface area contributed by atoms with Crippen molar-refractivity contribution in [2.45, 2.75) is 65.8 Å². The van der Waals surface area contributed by atoms with Crippen LogP contribution < -0.4 is 14.8 Å². The van der Waals surface area contributed by atoms with Crippen LogP contribution in [0, 0.1) is 6.92 Å². The minimum atomic E-state index is -0.637. The lowest BCUT2D eigenvalue weighted by molar-refractivity contribution is 0.0479. The second-order valence-electron chi connectivity index (χ2n) is 11.9. The summed E-state index contributed by atoms with van der Waals surface area (Å²) in [5.41, 5.74) is 1.77. The molecular formula is C32H38N4O6. The number of pyridine rings is 1. The van der Waals surface area contributed by atoms with Gasteiger partial charge in [0.25, 0.3) is 0 Å². The second kappa shape index (κ2) is 12.5. The van der Waals surface area contributed by atoms with E-state index in [-0.39, 0.29) is 13.2 Å². The van der Waals surface area contributed by atoms with Gasteiger partial charge < -0.3 is 24.3 Å². The summed E-state index contributed by atoms with van der Waals surface area (Å²) in [4.78, 5) is 29.4. The maximum absolute atomic E-state index is 12.7. The van der Waals surface area contributed by atoms with Gasteiger partial charge in [0.1, 0.15) is 35.4 Å². The van der Waals surface area contributed by atoms with E-state index in [2.05, 4.69) is 15.4 Å². The van der Waals surface area contributed by atoms with Crippen LogP contribution in [0.3, 0.4) is 0 Å². The van der Waals surface area contributed by atoms with Crippen molar-refractivity contribution in [2.24, 2.45) is 0 Å². The standard InChI is InChI=1S/C32H38N4O6/c1-21-27-16-22(13-14-28(27)36(35-21)30(38)42-32(5,6)7)23-15-25(18-33-17-23)40-26(19-34-29(37)41-31(2,3)4)20-39-24-11-9-8-10-12-24/h8-18,26H,19-20H2,1-7H3,(H,34,37). The third-order valence-electron chi connectivity index (χ3n) is 5.83. The number of aryl methyl sites for hydroxylation is 1. The summed E-state index contributed by atoms with van der Waals surface area (Å²) in [6.07, 6.45) is 1.73. The van der Waals surface area contributed by atoms with Crippen LogP contribution in [0.25, 0.3) is 22.0 Å². The Bertz CT molecular complexity index is 1540. The van der Waals surface area contributed by atoms with E-state index in [4.69, 9.17) is 18.9 Å². The number of nitrogens with zero attached hydrogens (tertiary/aromatic N) is 3. The van der Waals surface area contributed by atoms with Crippen molar-refractivity contribution in [2.75, 3.05) is 13.2 Å². The predicted molar refractivity (Wildman–Crippen MR) is 160 cm³/mol. The van der Waals surface area contributed by atoms with E-state index in [0.29, 0.717) is 22.7 Å². The third-order valence-corrected chi connectivity index (χ3v) is 5.83. The topological polar surface area (TPSA) is 114 Å². The van der Waals surface area contributed by atoms with E-state index in [0.717, 1.165) is 16.5 Å². The molecule has 2 aromatic heterocycles. The Hall–Kier alpha value is -4.60. The molecule has 1 unspecified atom stereocenters. The zero-order valence-corrected chi connectivity index (χ0v) is 25.1. The van der Waals surface area contributed by atoms with Crippen LogP contribution in [0.5, 0.6) is 11.5 Å². The number of rotatable bonds is 8. The van der Waals surface area contributed by atoms with Gasteiger partial charge in [0.2, 0.25) is 0 Å². The van der Waals surface area contributed by atoms with Gasteiger partial charge >= 0.3 is 12.2 Å². The second-order valence-corrected chi connectivity index (χ2v) is 11.9. The van der Waals surface area contributed by atoms with Crippen molar-refractivity contribution in [3.05, 3.63) is 72.7 Å². The van der Waals surface area contributed by atoms with Gasteiger partial charge in [0.15, 0.2) is 0 Å². The lowest BCUT2D eigenvalue weighted by Crippen LogP contribution is -2.41. The van der Waals surface area contributed by atoms with Crippen LogP contribution >= 0.6 is 0 Å². The normalized spacial score (nSPS) is 12.5. The van der Waals surface area contributed by atoms with Crippen LogP contribution in [-0.2, 0) is 9.47 Å². The van der Waals surface area contributed by atoms with Gasteiger partial charge in [-0.25, -0.2) is 9.59 Å². The summed E-state index contributed by atoms with van der Waals surface area (Å²) < 4.78 is 24.3. The molecule has 10 nitrogen and oxygen atoms in total. The lowest BCUT2D eigenvalue weighted by atomic mass is 10.0. The Morgan fingerprint density at radius 1 is 0.881 bits per heavy atom. The van der Waals surface area contributed by atoms with Crippen LogP contribution in [0.4, 0.5) is 9.59 Å². The number of fused-ring (bicyclic) bond motifs is 1. The summed E-state index contributed by atoms with van der Waals surface area (Å²) >= 11 is 0. The molecule has 1 amide bonds. The number of alkyl carbamates (subject to hydrolysis) is 1. The molecule has 2 heterocycles. The number of hydrogen-bond acceptors (Lipinski definition) is 8. The van der Waals surface area contributed by atoms with E-state index in [1.54, 1.807) is 33.2 Å². The SMILES string of the molecule is Cc1nn(C(=O)OC(C)(C)C)c2ccc(-c3cncc(OC(CNC(=O)OC(C)(C)C)COc4ccccc4)c3)cc12. The van der Waals surface area contributed by atoms with Gasteiger partial charge in [0.05, 0.1) is 24.0 Å². The molecule has 0 radical (unpaired) electrons. The van der Waals surface area contributed by atoms with E-state index >= 15 is 0 Å². The van der Waals surface area contributed by atoms with Crippen molar-refractivity contribution in [1.82, 2.24) is 20.1 Å². The maximum Gasteiger partial charge on any atom is 0.435 e. The lowest BCUT2D eigenvalue weighted by Gasteiger charge is -2.23. The molecule has 0 fully saturated rings. The number of ether oxygens (including phenoxy) is 4. The van der Waals surface area contributed by atoms with E-state index < -0.39 is 29.5 Å². The summed E-state index contributed by atoms with van der Waals surface area (Å²) in [5, 5.41) is 7.99. The average Bonchev–Trinajstić information content (AvgIpc) is 3.25. The summed E-state index contributed by atoms with van der Waals surface area (Å²) in [5.74, 6) is 1.19. The number of carbonyl (C=O) groups is 2. The molecule has 222 valence electrons. The van der Waals surface area contributed by atoms with Gasteiger partial charge in [-0.1, -0.05) is 24.3 Å². The summed E-state index contributed by atoms with van der Waals surface area (Å²) in [6.45, 7) is 13.0. The van der Waals surface area contributed by atoms with E-state index in [1.165, 1.54) is 4.68 Å². The third kappa shape index (κ3) is 8.45. The molecule has 0 spiro atoms. The Labute approximate surface area is 245 Å². The Balaban J connectivity index is 1.53. The minimum absolute atomic E-state index is 0.154. The van der Waals surface area contributed by atoms with Crippen molar-refractivity contribution < 1.29 is 28.5 Å². The molecule has 0 aliphatic carbocycles. The molecule has 0 aliphatic heterocycles. The highest BCUT2D eigenvalue weighted by atomic mass is 16.6. The molecule has 42 heavy (non-hydrogen) atoms. The van der Waals surface area contributed by atoms with Crippen LogP contribution in [-0.4, -0.2) is 57.4 Å². The fourth-order valence-electron chi connectivity index (χ4n) is 4.08. The molecule has 1 N–H and O–H groups in total. The van der Waals surface area contributed by atoms with Gasteiger partial charge in [-0.05, 0) is 84.4 Å². The van der Waals surface area contributed by atoms with E-state index in [9.17, 15) is 9.59 Å². The van der Waals surface area contributed by atoms with Gasteiger partial charge in [-0.3, -0.25) is 4.98 Å². The van der Waals surface area contributed by atoms with Gasteiger partial charge in [-0.2, -0.15) is 9.78 Å². The van der Waals surface area contributed by atoms with Crippen LogP contribution in [0.1, 0.15) is 47.2 Å². The summed E-state index contributed by atoms with van der Waals surface area (Å²) in [6, 6.07) is 16.9. The van der Waals surface area contributed by atoms with Crippen LogP contribution in [0.15, 0.2) is 67.0 Å². The Morgan fingerprint density at radius 2 is 1.60 bits per heavy atom. The number of aromatic nitrogens is 3. The summed E-state index contributed by atoms with van der Waals surface area (Å²) in [7, 11) is 0. The predicted octanol–water partition coefficient (Wildman–Crippen LogP) is 6.54. The first-order valence-corrected chi connectivity index (χ1v) is 13.8. The van der Waals surface area contributed by atoms with Gasteiger partial charge in [-0.15, -0.1) is 0 Å². The number of benzene rings is 2. The fourth-order valence-corrected chi connectivity index (χ4v) is 4.08. The first-order valence-electron chi connectivity index (χ1n) is 13.8. The number of nitrogens with one attached hydrogen (secondary N) is 1. The quantitative estimate of drug-likeness (QED) is 0.252. The fraction of sp³-hybridized carbons (Fsp3) is 0.375. The average molecular weight is 575 g/mol. The van der Waals surface area contributed by atoms with Crippen molar-refractivity contribution in [1.29, 1.82) is 0 Å². The Morgan fingerprint density at radius 3 is 2.29 bits per heavy atom. The molecular weight excluding hydrogens is 536 g/mol. The first kappa shape index (κ1) is 30.4. The Kier molecular flexibility index (Phi) is 9.04. The minimum Gasteiger partial charge on any atom is -0.490 e. The van der Waals surface area contributed by atoms with Crippen molar-refractivity contribution in [3.8, 4) is 22.6 Å².